The third-order valence-electron chi connectivity index (χ3n) is 3.43. The van der Waals surface area contributed by atoms with E-state index >= 15 is 0 Å². The molecule has 0 unspecified atom stereocenters. The number of halogens is 1. The molecule has 0 radical (unpaired) electrons. The predicted octanol–water partition coefficient (Wildman–Crippen LogP) is 4.11. The second-order valence-corrected chi connectivity index (χ2v) is 6.29. The topological polar surface area (TPSA) is 42.2 Å². The van der Waals surface area contributed by atoms with Crippen molar-refractivity contribution in [2.24, 2.45) is 5.92 Å². The van der Waals surface area contributed by atoms with E-state index in [9.17, 15) is 0 Å². The van der Waals surface area contributed by atoms with Crippen molar-refractivity contribution in [3.8, 4) is 0 Å². The summed E-state index contributed by atoms with van der Waals surface area (Å²) in [5.74, 6) is 1.90. The zero-order valence-electron chi connectivity index (χ0n) is 13.0. The molecule has 0 aliphatic carbocycles. The van der Waals surface area contributed by atoms with E-state index in [0.29, 0.717) is 17.7 Å². The molecule has 0 bridgehead atoms. The minimum Gasteiger partial charge on any atom is -0.424 e. The molecule has 1 heterocycles. The van der Waals surface area contributed by atoms with E-state index < -0.39 is 0 Å². The van der Waals surface area contributed by atoms with Crippen molar-refractivity contribution in [3.63, 3.8) is 0 Å². The van der Waals surface area contributed by atoms with Crippen LogP contribution >= 0.6 is 11.6 Å². The van der Waals surface area contributed by atoms with E-state index in [4.69, 9.17) is 16.0 Å². The Morgan fingerprint density at radius 3 is 2.43 bits per heavy atom. The van der Waals surface area contributed by atoms with Gasteiger partial charge < -0.3 is 4.42 Å². The second-order valence-electron chi connectivity index (χ2n) is 5.85. The third-order valence-corrected chi connectivity index (χ3v) is 3.68. The second kappa shape index (κ2) is 7.05. The zero-order chi connectivity index (χ0) is 15.4. The lowest BCUT2D eigenvalue weighted by molar-refractivity contribution is 0.213. The molecule has 0 saturated carbocycles. The Balaban J connectivity index is 1.99. The van der Waals surface area contributed by atoms with Crippen molar-refractivity contribution >= 4 is 11.6 Å². The van der Waals surface area contributed by atoms with Gasteiger partial charge in [-0.05, 0) is 37.6 Å². The van der Waals surface area contributed by atoms with Gasteiger partial charge in [-0.25, -0.2) is 0 Å². The van der Waals surface area contributed by atoms with Crippen molar-refractivity contribution in [2.75, 3.05) is 7.05 Å². The highest BCUT2D eigenvalue weighted by molar-refractivity contribution is 6.30. The fourth-order valence-corrected chi connectivity index (χ4v) is 2.20. The Morgan fingerprint density at radius 2 is 1.81 bits per heavy atom. The molecule has 1 aromatic heterocycles. The lowest BCUT2D eigenvalue weighted by Gasteiger charge is -2.21. The Morgan fingerprint density at radius 1 is 1.14 bits per heavy atom. The summed E-state index contributed by atoms with van der Waals surface area (Å²) in [6.07, 6.45) is 0.820. The van der Waals surface area contributed by atoms with Crippen LogP contribution < -0.4 is 0 Å². The maximum Gasteiger partial charge on any atom is 0.233 e. The van der Waals surface area contributed by atoms with Gasteiger partial charge in [-0.15, -0.1) is 10.2 Å². The number of hydrogen-bond donors (Lipinski definition) is 0. The summed E-state index contributed by atoms with van der Waals surface area (Å²) in [5, 5.41) is 9.04. The summed E-state index contributed by atoms with van der Waals surface area (Å²) < 4.78 is 5.75. The number of hydrogen-bond acceptors (Lipinski definition) is 4. The van der Waals surface area contributed by atoms with Gasteiger partial charge in [0, 0.05) is 18.0 Å². The SMILES string of the molecule is CC(C)Cc1nnc([C@H](C)N(C)Cc2ccc(Cl)cc2)o1. The first-order valence-corrected chi connectivity index (χ1v) is 7.60. The summed E-state index contributed by atoms with van der Waals surface area (Å²) in [7, 11) is 2.05. The Kier molecular flexibility index (Phi) is 5.37. The van der Waals surface area contributed by atoms with Crippen LogP contribution in [0.2, 0.25) is 5.02 Å². The molecule has 21 heavy (non-hydrogen) atoms. The molecule has 114 valence electrons. The summed E-state index contributed by atoms with van der Waals surface area (Å²) >= 11 is 5.90. The smallest absolute Gasteiger partial charge is 0.233 e. The molecule has 0 amide bonds. The van der Waals surface area contributed by atoms with Crippen LogP contribution in [0.3, 0.4) is 0 Å². The maximum atomic E-state index is 5.90. The molecular formula is C16H22ClN3O. The molecule has 1 aromatic carbocycles. The molecule has 0 aliphatic heterocycles. The number of nitrogens with zero attached hydrogens (tertiary/aromatic N) is 3. The highest BCUT2D eigenvalue weighted by Crippen LogP contribution is 2.21. The van der Waals surface area contributed by atoms with Crippen molar-refractivity contribution in [1.29, 1.82) is 0 Å². The first-order chi connectivity index (χ1) is 9.95. The van der Waals surface area contributed by atoms with Crippen molar-refractivity contribution in [2.45, 2.75) is 39.8 Å². The Labute approximate surface area is 131 Å². The molecule has 1 atom stereocenters. The highest BCUT2D eigenvalue weighted by Gasteiger charge is 2.19. The van der Waals surface area contributed by atoms with Crippen molar-refractivity contribution in [3.05, 3.63) is 46.6 Å². The molecule has 0 spiro atoms. The predicted molar refractivity (Wildman–Crippen MR) is 84.2 cm³/mol. The molecule has 4 nitrogen and oxygen atoms in total. The number of benzene rings is 1. The van der Waals surface area contributed by atoms with Crippen LogP contribution in [0.25, 0.3) is 0 Å². The molecule has 0 fully saturated rings. The summed E-state index contributed by atoms with van der Waals surface area (Å²) in [6.45, 7) is 7.16. The standard InChI is InChI=1S/C16H22ClN3O/c1-11(2)9-15-18-19-16(21-15)12(3)20(4)10-13-5-7-14(17)8-6-13/h5-8,11-12H,9-10H2,1-4H3/t12-/m0/s1. The first kappa shape index (κ1) is 16.0. The van der Waals surface area contributed by atoms with Crippen LogP contribution in [0, 0.1) is 5.92 Å². The fourth-order valence-electron chi connectivity index (χ4n) is 2.07. The van der Waals surface area contributed by atoms with Crippen LogP contribution in [0.1, 0.15) is 44.2 Å². The molecular weight excluding hydrogens is 286 g/mol. The van der Waals surface area contributed by atoms with Crippen LogP contribution in [-0.4, -0.2) is 22.1 Å². The minimum absolute atomic E-state index is 0.0779. The van der Waals surface area contributed by atoms with Crippen molar-refractivity contribution < 1.29 is 4.42 Å². The monoisotopic (exact) mass is 307 g/mol. The highest BCUT2D eigenvalue weighted by atomic mass is 35.5. The van der Waals surface area contributed by atoms with E-state index in [1.807, 2.05) is 31.3 Å². The van der Waals surface area contributed by atoms with Gasteiger partial charge in [0.25, 0.3) is 0 Å². The van der Waals surface area contributed by atoms with E-state index in [1.165, 1.54) is 5.56 Å². The fraction of sp³-hybridized carbons (Fsp3) is 0.500. The van der Waals surface area contributed by atoms with Gasteiger partial charge in [-0.1, -0.05) is 37.6 Å². The molecule has 2 rings (SSSR count). The van der Waals surface area contributed by atoms with Crippen LogP contribution in [0.5, 0.6) is 0 Å². The van der Waals surface area contributed by atoms with Crippen molar-refractivity contribution in [1.82, 2.24) is 15.1 Å². The average molecular weight is 308 g/mol. The van der Waals surface area contributed by atoms with E-state index in [1.54, 1.807) is 0 Å². The zero-order valence-corrected chi connectivity index (χ0v) is 13.8. The van der Waals surface area contributed by atoms with E-state index in [-0.39, 0.29) is 6.04 Å². The van der Waals surface area contributed by atoms with Gasteiger partial charge in [0.05, 0.1) is 6.04 Å². The van der Waals surface area contributed by atoms with Gasteiger partial charge >= 0.3 is 0 Å². The number of rotatable bonds is 6. The van der Waals surface area contributed by atoms with E-state index in [0.717, 1.165) is 18.0 Å². The van der Waals surface area contributed by atoms with Gasteiger partial charge in [0.1, 0.15) is 0 Å². The summed E-state index contributed by atoms with van der Waals surface area (Å²) in [4.78, 5) is 2.18. The first-order valence-electron chi connectivity index (χ1n) is 7.22. The third kappa shape index (κ3) is 4.55. The molecule has 5 heteroatoms. The molecule has 0 aliphatic rings. The van der Waals surface area contributed by atoms with Gasteiger partial charge in [0.2, 0.25) is 11.8 Å². The Bertz CT molecular complexity index is 565. The molecule has 2 aromatic rings. The van der Waals surface area contributed by atoms with Gasteiger partial charge in [0.15, 0.2) is 0 Å². The lowest BCUT2D eigenvalue weighted by Crippen LogP contribution is -2.22. The Hall–Kier alpha value is -1.39. The average Bonchev–Trinajstić information content (AvgIpc) is 2.88. The largest absolute Gasteiger partial charge is 0.424 e. The van der Waals surface area contributed by atoms with Crippen LogP contribution in [-0.2, 0) is 13.0 Å². The van der Waals surface area contributed by atoms with E-state index in [2.05, 4.69) is 35.9 Å². The summed E-state index contributed by atoms with van der Waals surface area (Å²) in [5.41, 5.74) is 1.20. The minimum atomic E-state index is 0.0779. The van der Waals surface area contributed by atoms with Gasteiger partial charge in [-0.2, -0.15) is 0 Å². The lowest BCUT2D eigenvalue weighted by atomic mass is 10.1. The number of aromatic nitrogens is 2. The molecule has 0 saturated heterocycles. The summed E-state index contributed by atoms with van der Waals surface area (Å²) in [6, 6.07) is 7.95. The van der Waals surface area contributed by atoms with Crippen LogP contribution in [0.4, 0.5) is 0 Å². The van der Waals surface area contributed by atoms with Gasteiger partial charge in [-0.3, -0.25) is 4.90 Å². The normalized spacial score (nSPS) is 13.1. The molecule has 0 N–H and O–H groups in total. The van der Waals surface area contributed by atoms with Crippen LogP contribution in [0.15, 0.2) is 28.7 Å². The quantitative estimate of drug-likeness (QED) is 0.805. The maximum absolute atomic E-state index is 5.90.